The van der Waals surface area contributed by atoms with Crippen LogP contribution >= 0.6 is 23.1 Å². The number of amides is 2. The highest BCUT2D eigenvalue weighted by molar-refractivity contribution is 8.01. The smallest absolute Gasteiger partial charge is 0.250 e. The van der Waals surface area contributed by atoms with E-state index in [0.717, 1.165) is 20.1 Å². The van der Waals surface area contributed by atoms with Gasteiger partial charge in [-0.3, -0.25) is 9.59 Å². The summed E-state index contributed by atoms with van der Waals surface area (Å²) in [5.74, 6) is -0.0665. The van der Waals surface area contributed by atoms with Crippen LogP contribution in [-0.2, 0) is 9.59 Å². The average molecular weight is 384 g/mol. The summed E-state index contributed by atoms with van der Waals surface area (Å²) in [6.07, 6.45) is 1.55. The first kappa shape index (κ1) is 18.1. The summed E-state index contributed by atoms with van der Waals surface area (Å²) in [5, 5.41) is 6.63. The number of hydrogen-bond acceptors (Lipinski definition) is 6. The van der Waals surface area contributed by atoms with Crippen LogP contribution in [0.25, 0.3) is 10.2 Å². The minimum atomic E-state index is -0.194. The maximum Gasteiger partial charge on any atom is 0.250 e. The third-order valence-corrected chi connectivity index (χ3v) is 5.41. The van der Waals surface area contributed by atoms with E-state index in [1.807, 2.05) is 24.3 Å². The van der Waals surface area contributed by atoms with Gasteiger partial charge in [0.1, 0.15) is 0 Å². The number of rotatable bonds is 6. The number of benzene rings is 2. The summed E-state index contributed by atoms with van der Waals surface area (Å²) in [6.45, 7) is 1.46. The molecule has 6 nitrogen and oxygen atoms in total. The fourth-order valence-corrected chi connectivity index (χ4v) is 3.97. The first-order valence-corrected chi connectivity index (χ1v) is 9.58. The molecule has 132 valence electrons. The van der Waals surface area contributed by atoms with Crippen LogP contribution in [0.3, 0.4) is 0 Å². The van der Waals surface area contributed by atoms with Crippen molar-refractivity contribution < 1.29 is 9.59 Å². The lowest BCUT2D eigenvalue weighted by atomic mass is 10.2. The van der Waals surface area contributed by atoms with Gasteiger partial charge in [-0.25, -0.2) is 10.4 Å². The number of hydrazone groups is 1. The largest absolute Gasteiger partial charge is 0.326 e. The molecular weight excluding hydrogens is 368 g/mol. The zero-order valence-electron chi connectivity index (χ0n) is 13.9. The van der Waals surface area contributed by atoms with E-state index in [9.17, 15) is 9.59 Å². The highest BCUT2D eigenvalue weighted by atomic mass is 32.2. The van der Waals surface area contributed by atoms with E-state index in [1.54, 1.807) is 41.8 Å². The molecule has 3 rings (SSSR count). The van der Waals surface area contributed by atoms with E-state index in [0.29, 0.717) is 5.69 Å². The lowest BCUT2D eigenvalue weighted by Crippen LogP contribution is -2.19. The molecule has 0 aliphatic rings. The SMILES string of the molecule is CC(=O)Nc1ccc(/C=N\NC(=O)CSc2nc3ccccc3s2)cc1. The molecule has 0 bridgehead atoms. The Morgan fingerprint density at radius 2 is 1.96 bits per heavy atom. The summed E-state index contributed by atoms with van der Waals surface area (Å²) < 4.78 is 1.97. The average Bonchev–Trinajstić information content (AvgIpc) is 3.04. The number of aromatic nitrogens is 1. The minimum Gasteiger partial charge on any atom is -0.326 e. The van der Waals surface area contributed by atoms with Crippen molar-refractivity contribution in [3.8, 4) is 0 Å². The van der Waals surface area contributed by atoms with Crippen molar-refractivity contribution in [2.75, 3.05) is 11.1 Å². The predicted molar refractivity (Wildman–Crippen MR) is 107 cm³/mol. The van der Waals surface area contributed by atoms with Crippen molar-refractivity contribution in [1.82, 2.24) is 10.4 Å². The van der Waals surface area contributed by atoms with E-state index in [4.69, 9.17) is 0 Å². The molecule has 0 fully saturated rings. The van der Waals surface area contributed by atoms with E-state index in [2.05, 4.69) is 20.8 Å². The minimum absolute atomic E-state index is 0.121. The Morgan fingerprint density at radius 1 is 1.19 bits per heavy atom. The summed E-state index contributed by atoms with van der Waals surface area (Å²) in [5.41, 5.74) is 4.98. The van der Waals surface area contributed by atoms with Crippen molar-refractivity contribution in [3.63, 3.8) is 0 Å². The summed E-state index contributed by atoms with van der Waals surface area (Å²) >= 11 is 2.96. The second kappa shape index (κ2) is 8.59. The van der Waals surface area contributed by atoms with Crippen LogP contribution in [0.15, 0.2) is 58.0 Å². The fraction of sp³-hybridized carbons (Fsp3) is 0.111. The van der Waals surface area contributed by atoms with E-state index in [1.165, 1.54) is 18.7 Å². The van der Waals surface area contributed by atoms with Crippen molar-refractivity contribution >= 4 is 57.0 Å². The van der Waals surface area contributed by atoms with Gasteiger partial charge in [-0.15, -0.1) is 11.3 Å². The number of anilines is 1. The standard InChI is InChI=1S/C18H16N4O2S2/c1-12(23)20-14-8-6-13(7-9-14)10-19-22-17(24)11-25-18-21-15-4-2-3-5-16(15)26-18/h2-10H,11H2,1H3,(H,20,23)(H,22,24)/b19-10-. The second-order valence-electron chi connectivity index (χ2n) is 5.33. The number of thiazole rings is 1. The number of carbonyl (C=O) groups excluding carboxylic acids is 2. The summed E-state index contributed by atoms with van der Waals surface area (Å²) in [7, 11) is 0. The second-order valence-corrected chi connectivity index (χ2v) is 7.59. The van der Waals surface area contributed by atoms with Gasteiger partial charge in [0.05, 0.1) is 22.2 Å². The zero-order valence-corrected chi connectivity index (χ0v) is 15.6. The first-order chi connectivity index (χ1) is 12.6. The highest BCUT2D eigenvalue weighted by Crippen LogP contribution is 2.28. The Kier molecular flexibility index (Phi) is 5.98. The quantitative estimate of drug-likeness (QED) is 0.387. The molecule has 2 aromatic carbocycles. The zero-order chi connectivity index (χ0) is 18.4. The molecular formula is C18H16N4O2S2. The van der Waals surface area contributed by atoms with Gasteiger partial charge in [-0.2, -0.15) is 5.10 Å². The third kappa shape index (κ3) is 5.14. The van der Waals surface area contributed by atoms with Crippen LogP contribution in [-0.4, -0.2) is 28.8 Å². The number of nitrogens with one attached hydrogen (secondary N) is 2. The third-order valence-electron chi connectivity index (χ3n) is 3.23. The van der Waals surface area contributed by atoms with Gasteiger partial charge in [0.25, 0.3) is 5.91 Å². The van der Waals surface area contributed by atoms with E-state index < -0.39 is 0 Å². The van der Waals surface area contributed by atoms with Gasteiger partial charge >= 0.3 is 0 Å². The molecule has 0 aliphatic heterocycles. The highest BCUT2D eigenvalue weighted by Gasteiger charge is 2.06. The molecule has 0 saturated carbocycles. The number of fused-ring (bicyclic) bond motifs is 1. The van der Waals surface area contributed by atoms with Gasteiger partial charge in [0.15, 0.2) is 4.34 Å². The molecule has 3 aromatic rings. The lowest BCUT2D eigenvalue weighted by molar-refractivity contribution is -0.118. The van der Waals surface area contributed by atoms with Crippen molar-refractivity contribution in [2.45, 2.75) is 11.3 Å². The van der Waals surface area contributed by atoms with Gasteiger partial charge in [0, 0.05) is 12.6 Å². The maximum absolute atomic E-state index is 11.9. The molecule has 0 unspecified atom stereocenters. The Balaban J connectivity index is 1.47. The molecule has 1 heterocycles. The Labute approximate surface area is 158 Å². The van der Waals surface area contributed by atoms with E-state index in [-0.39, 0.29) is 17.6 Å². The Bertz CT molecular complexity index is 918. The van der Waals surface area contributed by atoms with Gasteiger partial charge in [-0.05, 0) is 29.8 Å². The number of thioether (sulfide) groups is 1. The number of para-hydroxylation sites is 1. The molecule has 0 spiro atoms. The number of nitrogens with zero attached hydrogens (tertiary/aromatic N) is 2. The molecule has 2 amide bonds. The molecule has 0 radical (unpaired) electrons. The van der Waals surface area contributed by atoms with Gasteiger partial charge in [0.2, 0.25) is 5.91 Å². The Morgan fingerprint density at radius 3 is 2.69 bits per heavy atom. The van der Waals surface area contributed by atoms with Crippen LogP contribution in [0.2, 0.25) is 0 Å². The normalized spacial score (nSPS) is 11.0. The maximum atomic E-state index is 11.9. The monoisotopic (exact) mass is 384 g/mol. The molecule has 0 saturated heterocycles. The molecule has 26 heavy (non-hydrogen) atoms. The van der Waals surface area contributed by atoms with E-state index >= 15 is 0 Å². The molecule has 0 aliphatic carbocycles. The van der Waals surface area contributed by atoms with Gasteiger partial charge < -0.3 is 5.32 Å². The number of carbonyl (C=O) groups is 2. The lowest BCUT2D eigenvalue weighted by Gasteiger charge is -2.01. The fourth-order valence-electron chi connectivity index (χ4n) is 2.11. The molecule has 0 atom stereocenters. The van der Waals surface area contributed by atoms with Crippen molar-refractivity contribution in [1.29, 1.82) is 0 Å². The molecule has 1 aromatic heterocycles. The summed E-state index contributed by atoms with van der Waals surface area (Å²) in [6, 6.07) is 15.0. The predicted octanol–water partition coefficient (Wildman–Crippen LogP) is 3.50. The van der Waals surface area contributed by atoms with Crippen LogP contribution in [0.5, 0.6) is 0 Å². The van der Waals surface area contributed by atoms with Crippen molar-refractivity contribution in [3.05, 3.63) is 54.1 Å². The molecule has 2 N–H and O–H groups in total. The van der Waals surface area contributed by atoms with Crippen LogP contribution in [0.4, 0.5) is 5.69 Å². The van der Waals surface area contributed by atoms with Crippen LogP contribution in [0, 0.1) is 0 Å². The van der Waals surface area contributed by atoms with Crippen molar-refractivity contribution in [2.24, 2.45) is 5.10 Å². The van der Waals surface area contributed by atoms with Gasteiger partial charge in [-0.1, -0.05) is 36.0 Å². The Hall–Kier alpha value is -2.71. The van der Waals surface area contributed by atoms with Crippen LogP contribution < -0.4 is 10.7 Å². The topological polar surface area (TPSA) is 83.5 Å². The van der Waals surface area contributed by atoms with Crippen LogP contribution in [0.1, 0.15) is 12.5 Å². The molecule has 8 heteroatoms. The first-order valence-electron chi connectivity index (χ1n) is 7.78. The summed E-state index contributed by atoms with van der Waals surface area (Å²) in [4.78, 5) is 27.3. The number of hydrogen-bond donors (Lipinski definition) is 2.